The number of hydrazine groups is 1. The van der Waals surface area contributed by atoms with Gasteiger partial charge in [0.1, 0.15) is 30.6 Å². The van der Waals surface area contributed by atoms with Gasteiger partial charge >= 0.3 is 12.3 Å². The molecule has 0 aliphatic carbocycles. The molecule has 238 valence electrons. The second-order valence-electron chi connectivity index (χ2n) is 8.71. The third-order valence-electron chi connectivity index (χ3n) is 5.72. The maximum atomic E-state index is 13.5. The second kappa shape index (κ2) is 16.7. The van der Waals surface area contributed by atoms with E-state index in [0.29, 0.717) is 28.2 Å². The molecular weight excluding hydrogens is 623 g/mol. The average Bonchev–Trinajstić information content (AvgIpc) is 3.44. The zero-order valence-corrected chi connectivity index (χ0v) is 25.9. The first-order valence-corrected chi connectivity index (χ1v) is 13.6. The fourth-order valence-corrected chi connectivity index (χ4v) is 4.15. The molecule has 3 aromatic carbocycles. The zero-order valence-electron chi connectivity index (χ0n) is 24.1. The van der Waals surface area contributed by atoms with Gasteiger partial charge in [0, 0.05) is 12.7 Å². The van der Waals surface area contributed by atoms with Crippen LogP contribution in [-0.2, 0) is 15.7 Å². The first-order chi connectivity index (χ1) is 20.5. The van der Waals surface area contributed by atoms with E-state index in [0.717, 1.165) is 23.9 Å². The predicted molar refractivity (Wildman–Crippen MR) is 167 cm³/mol. The smallest absolute Gasteiger partial charge is 0.409 e. The molecule has 1 amide bonds. The Hall–Kier alpha value is -4.12. The number of ether oxygens (including phenoxy) is 1. The molecule has 0 radical (unpaired) electrons. The Morgan fingerprint density at radius 3 is 2.39 bits per heavy atom. The average molecular weight is 656 g/mol. The van der Waals surface area contributed by atoms with Crippen molar-refractivity contribution in [2.75, 3.05) is 16.4 Å². The van der Waals surface area contributed by atoms with Crippen LogP contribution in [0.5, 0.6) is 5.75 Å². The SMILES string of the molecule is CC.Cc1ccc(C2=CC(C(F)(F)F)NN2c2ccc(N(C)SONC(=O)Oc3cccc(CO[N+](=O)[O-])c3)cc2)cc1.S. The van der Waals surface area contributed by atoms with Crippen molar-refractivity contribution in [1.29, 1.82) is 0 Å². The molecule has 0 saturated heterocycles. The molecule has 0 fully saturated rings. The molecule has 44 heavy (non-hydrogen) atoms. The number of rotatable bonds is 10. The van der Waals surface area contributed by atoms with Crippen LogP contribution in [0.1, 0.15) is 30.5 Å². The number of nitrogens with zero attached hydrogens (tertiary/aromatic N) is 3. The zero-order chi connectivity index (χ0) is 31.6. The molecular formula is C28H32F3N5O6S2. The molecule has 0 bridgehead atoms. The molecule has 1 aliphatic rings. The fraction of sp³-hybridized carbons (Fsp3) is 0.250. The number of aryl methyl sites for hydroxylation is 1. The van der Waals surface area contributed by atoms with Crippen molar-refractivity contribution >= 4 is 48.9 Å². The summed E-state index contributed by atoms with van der Waals surface area (Å²) in [4.78, 5) is 26.6. The van der Waals surface area contributed by atoms with Gasteiger partial charge < -0.3 is 9.57 Å². The highest BCUT2D eigenvalue weighted by Gasteiger charge is 2.43. The Morgan fingerprint density at radius 1 is 1.11 bits per heavy atom. The first-order valence-electron chi connectivity index (χ1n) is 12.9. The molecule has 0 saturated carbocycles. The van der Waals surface area contributed by atoms with Gasteiger partial charge in [-0.15, -0.1) is 10.1 Å². The molecule has 16 heteroatoms. The van der Waals surface area contributed by atoms with E-state index in [2.05, 4.69) is 15.7 Å². The molecule has 0 spiro atoms. The molecule has 1 aliphatic heterocycles. The van der Waals surface area contributed by atoms with Crippen LogP contribution in [-0.4, -0.2) is 30.4 Å². The number of hydrogen-bond acceptors (Lipinski definition) is 10. The monoisotopic (exact) mass is 655 g/mol. The van der Waals surface area contributed by atoms with E-state index in [1.54, 1.807) is 53.8 Å². The highest BCUT2D eigenvalue weighted by Crippen LogP contribution is 2.35. The number of benzene rings is 3. The summed E-state index contributed by atoms with van der Waals surface area (Å²) in [6.07, 6.45) is -4.26. The van der Waals surface area contributed by atoms with Gasteiger partial charge in [0.15, 0.2) is 0 Å². The van der Waals surface area contributed by atoms with Crippen LogP contribution < -0.4 is 25.0 Å². The van der Waals surface area contributed by atoms with Gasteiger partial charge in [-0.2, -0.15) is 36.4 Å². The van der Waals surface area contributed by atoms with E-state index >= 15 is 0 Å². The van der Waals surface area contributed by atoms with Crippen molar-refractivity contribution in [2.24, 2.45) is 0 Å². The third-order valence-corrected chi connectivity index (χ3v) is 6.32. The van der Waals surface area contributed by atoms with Crippen LogP contribution in [0.3, 0.4) is 0 Å². The van der Waals surface area contributed by atoms with Crippen LogP contribution in [0, 0.1) is 17.0 Å². The van der Waals surface area contributed by atoms with Crippen molar-refractivity contribution in [1.82, 2.24) is 10.9 Å². The highest BCUT2D eigenvalue weighted by atomic mass is 32.2. The van der Waals surface area contributed by atoms with Gasteiger partial charge in [0.25, 0.3) is 5.09 Å². The molecule has 11 nitrogen and oxygen atoms in total. The summed E-state index contributed by atoms with van der Waals surface area (Å²) in [6.45, 7) is 5.59. The standard InChI is InChI=1S/C26H24F3N5O6S.C2H6.H2S/c1-17-6-8-19(9-7-17)23-15-24(26(27,28)29)30-33(23)21-12-10-20(11-13-21)32(2)41-40-31-25(35)39-22-5-3-4-18(14-22)16-38-34(36)37;1-2;/h3-15,24,30H,16H2,1-2H3,(H,31,35);1-2H3;1H2. The van der Waals surface area contributed by atoms with Gasteiger partial charge in [0.2, 0.25) is 0 Å². The Kier molecular flexibility index (Phi) is 13.7. The van der Waals surface area contributed by atoms with Crippen molar-refractivity contribution in [3.8, 4) is 5.75 Å². The highest BCUT2D eigenvalue weighted by molar-refractivity contribution is 7.96. The number of alkyl halides is 3. The lowest BCUT2D eigenvalue weighted by Crippen LogP contribution is -2.44. The summed E-state index contributed by atoms with van der Waals surface area (Å²) < 4.78 is 52.3. The van der Waals surface area contributed by atoms with Crippen molar-refractivity contribution in [3.05, 3.63) is 106 Å². The molecule has 1 atom stereocenters. The van der Waals surface area contributed by atoms with Crippen molar-refractivity contribution in [2.45, 2.75) is 39.6 Å². The Bertz CT molecular complexity index is 1410. The normalized spacial score (nSPS) is 13.9. The van der Waals surface area contributed by atoms with E-state index in [1.807, 2.05) is 32.9 Å². The number of hydrogen-bond donors (Lipinski definition) is 2. The van der Waals surface area contributed by atoms with Gasteiger partial charge in [-0.1, -0.05) is 55.8 Å². The number of carbonyl (C=O) groups excluding carboxylic acids is 1. The molecule has 3 aromatic rings. The van der Waals surface area contributed by atoms with Gasteiger partial charge in [-0.05, 0) is 60.5 Å². The number of carbonyl (C=O) groups is 1. The Labute approximate surface area is 263 Å². The first kappa shape index (κ1) is 36.1. The predicted octanol–water partition coefficient (Wildman–Crippen LogP) is 6.86. The van der Waals surface area contributed by atoms with Crippen LogP contribution in [0.2, 0.25) is 0 Å². The van der Waals surface area contributed by atoms with Crippen LogP contribution in [0.15, 0.2) is 78.9 Å². The molecule has 0 aromatic heterocycles. The maximum absolute atomic E-state index is 13.5. The molecule has 2 N–H and O–H groups in total. The fourth-order valence-electron chi connectivity index (χ4n) is 3.73. The summed E-state index contributed by atoms with van der Waals surface area (Å²) in [5.41, 5.74) is 8.14. The quantitative estimate of drug-likeness (QED) is 0.104. The minimum absolute atomic E-state index is 0. The largest absolute Gasteiger partial charge is 0.437 e. The van der Waals surface area contributed by atoms with Crippen molar-refractivity contribution < 1.29 is 36.9 Å². The summed E-state index contributed by atoms with van der Waals surface area (Å²) >= 11 is 0.761. The molecule has 1 heterocycles. The lowest BCUT2D eigenvalue weighted by Gasteiger charge is -2.26. The molecule has 1 unspecified atom stereocenters. The summed E-state index contributed by atoms with van der Waals surface area (Å²) in [7, 11) is 1.65. The number of amides is 1. The van der Waals surface area contributed by atoms with Gasteiger partial charge in [-0.3, -0.25) is 9.31 Å². The third kappa shape index (κ3) is 10.3. The van der Waals surface area contributed by atoms with E-state index in [9.17, 15) is 28.1 Å². The van der Waals surface area contributed by atoms with E-state index in [1.165, 1.54) is 23.2 Å². The summed E-state index contributed by atoms with van der Waals surface area (Å²) in [5.74, 6) is 0.117. The summed E-state index contributed by atoms with van der Waals surface area (Å²) in [5, 5.41) is 10.8. The van der Waals surface area contributed by atoms with Gasteiger partial charge in [-0.25, -0.2) is 10.2 Å². The Balaban J connectivity index is 0.00000220. The maximum Gasteiger partial charge on any atom is 0.437 e. The minimum Gasteiger partial charge on any atom is -0.409 e. The summed E-state index contributed by atoms with van der Waals surface area (Å²) in [6, 6.07) is 18.0. The number of halogens is 3. The number of hydroxylamine groups is 1. The molecule has 4 rings (SSSR count). The van der Waals surface area contributed by atoms with Crippen LogP contribution >= 0.6 is 25.7 Å². The lowest BCUT2D eigenvalue weighted by molar-refractivity contribution is -0.763. The van der Waals surface area contributed by atoms with Crippen molar-refractivity contribution in [3.63, 3.8) is 0 Å². The van der Waals surface area contributed by atoms with E-state index in [4.69, 9.17) is 9.02 Å². The Morgan fingerprint density at radius 2 is 1.77 bits per heavy atom. The van der Waals surface area contributed by atoms with Gasteiger partial charge in [0.05, 0.1) is 11.4 Å². The number of anilines is 2. The number of nitrogens with one attached hydrogen (secondary N) is 2. The second-order valence-corrected chi connectivity index (χ2v) is 9.57. The van der Waals surface area contributed by atoms with E-state index in [-0.39, 0.29) is 25.9 Å². The lowest BCUT2D eigenvalue weighted by atomic mass is 10.1. The van der Waals surface area contributed by atoms with E-state index < -0.39 is 23.4 Å². The minimum atomic E-state index is -4.47. The van der Waals surface area contributed by atoms with Crippen LogP contribution in [0.25, 0.3) is 5.70 Å². The van der Waals surface area contributed by atoms with Crippen LogP contribution in [0.4, 0.5) is 29.3 Å². The topological polar surface area (TPSA) is 118 Å².